The van der Waals surface area contributed by atoms with Gasteiger partial charge in [0.15, 0.2) is 5.78 Å². The van der Waals surface area contributed by atoms with Crippen molar-refractivity contribution in [1.82, 2.24) is 10.2 Å². The zero-order valence-corrected chi connectivity index (χ0v) is 16.9. The Morgan fingerprint density at radius 3 is 2.38 bits per heavy atom. The van der Waals surface area contributed by atoms with E-state index in [1.807, 2.05) is 0 Å². The maximum Gasteiger partial charge on any atom is 0.425 e. The van der Waals surface area contributed by atoms with Gasteiger partial charge in [0, 0.05) is 24.1 Å². The van der Waals surface area contributed by atoms with Crippen LogP contribution < -0.4 is 5.32 Å². The third kappa shape index (κ3) is 3.43. The highest BCUT2D eigenvalue weighted by molar-refractivity contribution is 6.31. The summed E-state index contributed by atoms with van der Waals surface area (Å²) in [5.41, 5.74) is -4.28. The summed E-state index contributed by atoms with van der Waals surface area (Å²) in [6.45, 7) is 4.14. The van der Waals surface area contributed by atoms with E-state index in [-0.39, 0.29) is 30.1 Å². The quantitative estimate of drug-likeness (QED) is 0.797. The second-order valence-corrected chi connectivity index (χ2v) is 8.58. The number of carbonyl (C=O) groups is 3. The van der Waals surface area contributed by atoms with Crippen LogP contribution in [-0.4, -0.2) is 34.2 Å². The second kappa shape index (κ2) is 6.86. The predicted octanol–water partition coefficient (Wildman–Crippen LogP) is 3.76. The number of nitrogens with one attached hydrogen (secondary N) is 1. The summed E-state index contributed by atoms with van der Waals surface area (Å²) in [7, 11) is 0. The van der Waals surface area contributed by atoms with Crippen molar-refractivity contribution in [3.63, 3.8) is 0 Å². The number of halogens is 4. The Labute approximate surface area is 170 Å². The van der Waals surface area contributed by atoms with Gasteiger partial charge in [0.25, 0.3) is 5.91 Å². The number of carbonyl (C=O) groups excluding carboxylic acids is 3. The number of nitrogens with zero attached hydrogens (tertiary/aromatic N) is 1. The van der Waals surface area contributed by atoms with Gasteiger partial charge < -0.3 is 10.2 Å². The summed E-state index contributed by atoms with van der Waals surface area (Å²) in [5.74, 6) is -3.24. The molecule has 0 saturated carbocycles. The molecule has 1 N–H and O–H groups in total. The van der Waals surface area contributed by atoms with Crippen LogP contribution in [0.25, 0.3) is 0 Å². The molecular formula is C20H20ClF3N2O3. The van der Waals surface area contributed by atoms with Crippen molar-refractivity contribution in [3.05, 3.63) is 46.1 Å². The number of allylic oxidation sites excluding steroid dienone is 1. The normalized spacial score (nSPS) is 24.0. The van der Waals surface area contributed by atoms with Crippen LogP contribution in [0.15, 0.2) is 35.5 Å². The lowest BCUT2D eigenvalue weighted by Gasteiger charge is -2.35. The molecule has 156 valence electrons. The maximum absolute atomic E-state index is 14.3. The first kappa shape index (κ1) is 21.4. The Hall–Kier alpha value is -2.35. The molecular weight excluding hydrogens is 409 g/mol. The van der Waals surface area contributed by atoms with Crippen molar-refractivity contribution in [2.45, 2.75) is 51.9 Å². The molecule has 1 aliphatic heterocycles. The van der Waals surface area contributed by atoms with Crippen LogP contribution >= 0.6 is 11.6 Å². The molecule has 0 radical (unpaired) electrons. The molecule has 1 heterocycles. The molecule has 1 atom stereocenters. The number of hydrogen-bond acceptors (Lipinski definition) is 3. The molecule has 2 amide bonds. The number of ketones is 1. The average Bonchev–Trinajstić information content (AvgIpc) is 2.78. The number of rotatable bonds is 3. The molecule has 0 saturated heterocycles. The molecule has 2 aliphatic rings. The Morgan fingerprint density at radius 1 is 1.21 bits per heavy atom. The molecule has 1 aromatic carbocycles. The van der Waals surface area contributed by atoms with E-state index >= 15 is 0 Å². The summed E-state index contributed by atoms with van der Waals surface area (Å²) in [6, 6.07) is 6.47. The van der Waals surface area contributed by atoms with Crippen molar-refractivity contribution in [2.75, 3.05) is 0 Å². The fourth-order valence-corrected chi connectivity index (χ4v) is 4.25. The van der Waals surface area contributed by atoms with Gasteiger partial charge in [-0.2, -0.15) is 13.2 Å². The highest BCUT2D eigenvalue weighted by atomic mass is 35.5. The molecule has 5 nitrogen and oxygen atoms in total. The van der Waals surface area contributed by atoms with Crippen LogP contribution in [0.3, 0.4) is 0 Å². The lowest BCUT2D eigenvalue weighted by molar-refractivity contribution is -0.194. The summed E-state index contributed by atoms with van der Waals surface area (Å²) in [4.78, 5) is 38.7. The first-order valence-electron chi connectivity index (χ1n) is 8.98. The van der Waals surface area contributed by atoms with Gasteiger partial charge in [0.2, 0.25) is 11.4 Å². The van der Waals surface area contributed by atoms with Gasteiger partial charge in [-0.25, -0.2) is 0 Å². The standard InChI is InChI=1S/C20H20ClF3N2O3/c1-11(27)25-19(20(22,23)24)16-14(8-18(2,3)9-15(16)28)26(17(19)29)10-12-6-4-5-7-13(12)21/h4-7H,8-10H2,1-3H3,(H,25,27)/t19-/m0/s1. The molecule has 1 aromatic rings. The number of alkyl halides is 3. The molecule has 9 heteroatoms. The van der Waals surface area contributed by atoms with Gasteiger partial charge >= 0.3 is 6.18 Å². The van der Waals surface area contributed by atoms with E-state index in [0.717, 1.165) is 11.8 Å². The minimum atomic E-state index is -5.19. The Balaban J connectivity index is 2.23. The summed E-state index contributed by atoms with van der Waals surface area (Å²) < 4.78 is 42.8. The molecule has 29 heavy (non-hydrogen) atoms. The Morgan fingerprint density at radius 2 is 1.83 bits per heavy atom. The summed E-state index contributed by atoms with van der Waals surface area (Å²) >= 11 is 6.14. The predicted molar refractivity (Wildman–Crippen MR) is 99.7 cm³/mol. The van der Waals surface area contributed by atoms with E-state index in [1.54, 1.807) is 43.4 Å². The SMILES string of the molecule is CC(=O)N[C@]1(C(F)(F)F)C(=O)N(Cc2ccccc2Cl)C2=C1C(=O)CC(C)(C)C2. The highest BCUT2D eigenvalue weighted by Gasteiger charge is 2.71. The monoisotopic (exact) mass is 428 g/mol. The average molecular weight is 429 g/mol. The Kier molecular flexibility index (Phi) is 5.06. The third-order valence-electron chi connectivity index (χ3n) is 5.19. The van der Waals surface area contributed by atoms with Crippen molar-refractivity contribution < 1.29 is 27.6 Å². The van der Waals surface area contributed by atoms with Gasteiger partial charge in [-0.05, 0) is 23.5 Å². The first-order valence-corrected chi connectivity index (χ1v) is 9.35. The number of benzene rings is 1. The van der Waals surface area contributed by atoms with Gasteiger partial charge in [-0.1, -0.05) is 43.6 Å². The first-order chi connectivity index (χ1) is 13.3. The fraction of sp³-hybridized carbons (Fsp3) is 0.450. The van der Waals surface area contributed by atoms with E-state index in [2.05, 4.69) is 0 Å². The lowest BCUT2D eigenvalue weighted by atomic mass is 9.72. The zero-order chi connectivity index (χ0) is 21.8. The van der Waals surface area contributed by atoms with Gasteiger partial charge in [0.1, 0.15) is 0 Å². The molecule has 1 aliphatic carbocycles. The Bertz CT molecular complexity index is 939. The fourth-order valence-electron chi connectivity index (χ4n) is 4.05. The van der Waals surface area contributed by atoms with E-state index < -0.39 is 40.3 Å². The minimum Gasteiger partial charge on any atom is -0.331 e. The number of hydrogen-bond donors (Lipinski definition) is 1. The lowest BCUT2D eigenvalue weighted by Crippen LogP contribution is -2.65. The molecule has 0 unspecified atom stereocenters. The van der Waals surface area contributed by atoms with E-state index in [9.17, 15) is 27.6 Å². The van der Waals surface area contributed by atoms with Crippen molar-refractivity contribution in [1.29, 1.82) is 0 Å². The molecule has 0 bridgehead atoms. The highest BCUT2D eigenvalue weighted by Crippen LogP contribution is 2.52. The summed E-state index contributed by atoms with van der Waals surface area (Å²) in [6.07, 6.45) is -5.26. The molecule has 3 rings (SSSR count). The molecule has 0 spiro atoms. The maximum atomic E-state index is 14.3. The van der Waals surface area contributed by atoms with Crippen LogP contribution in [0, 0.1) is 5.41 Å². The topological polar surface area (TPSA) is 66.5 Å². The van der Waals surface area contributed by atoms with Crippen LogP contribution in [0.2, 0.25) is 5.02 Å². The van der Waals surface area contributed by atoms with Crippen LogP contribution in [0.1, 0.15) is 39.2 Å². The third-order valence-corrected chi connectivity index (χ3v) is 5.56. The molecule has 0 fully saturated rings. The minimum absolute atomic E-state index is 0.0118. The van der Waals surface area contributed by atoms with Crippen molar-refractivity contribution in [2.24, 2.45) is 5.41 Å². The van der Waals surface area contributed by atoms with Gasteiger partial charge in [-0.15, -0.1) is 0 Å². The number of Topliss-reactive ketones (excluding diaryl/α,β-unsaturated/α-hetero) is 1. The van der Waals surface area contributed by atoms with Crippen molar-refractivity contribution in [3.8, 4) is 0 Å². The smallest absolute Gasteiger partial charge is 0.331 e. The molecule has 0 aromatic heterocycles. The van der Waals surface area contributed by atoms with E-state index in [1.165, 1.54) is 0 Å². The van der Waals surface area contributed by atoms with Gasteiger partial charge in [-0.3, -0.25) is 14.4 Å². The van der Waals surface area contributed by atoms with Crippen LogP contribution in [0.5, 0.6) is 0 Å². The zero-order valence-electron chi connectivity index (χ0n) is 16.1. The number of amides is 2. The van der Waals surface area contributed by atoms with Crippen LogP contribution in [0.4, 0.5) is 13.2 Å². The van der Waals surface area contributed by atoms with Crippen LogP contribution in [-0.2, 0) is 20.9 Å². The van der Waals surface area contributed by atoms with Crippen molar-refractivity contribution >= 4 is 29.2 Å². The van der Waals surface area contributed by atoms with Gasteiger partial charge in [0.05, 0.1) is 12.1 Å². The van der Waals surface area contributed by atoms with E-state index in [0.29, 0.717) is 5.56 Å². The second-order valence-electron chi connectivity index (χ2n) is 8.17. The summed E-state index contributed by atoms with van der Waals surface area (Å²) in [5, 5.41) is 2.05. The van der Waals surface area contributed by atoms with E-state index in [4.69, 9.17) is 11.6 Å². The largest absolute Gasteiger partial charge is 0.425 e.